The second kappa shape index (κ2) is 6.56. The maximum atomic E-state index is 13.3. The minimum Gasteiger partial charge on any atom is -0.489 e. The first-order chi connectivity index (χ1) is 10.1. The molecule has 0 aromatic heterocycles. The van der Waals surface area contributed by atoms with Gasteiger partial charge in [-0.3, -0.25) is 0 Å². The van der Waals surface area contributed by atoms with Crippen molar-refractivity contribution in [3.8, 4) is 5.75 Å². The quantitative estimate of drug-likeness (QED) is 0.828. The van der Waals surface area contributed by atoms with Crippen LogP contribution in [-0.4, -0.2) is 17.7 Å². The van der Waals surface area contributed by atoms with Gasteiger partial charge in [-0.2, -0.15) is 0 Å². The number of benzene rings is 2. The number of halogens is 1. The van der Waals surface area contributed by atoms with Crippen LogP contribution in [0.1, 0.15) is 15.9 Å². The molecule has 0 amide bonds. The topological polar surface area (TPSA) is 72.5 Å². The molecule has 108 valence electrons. The fourth-order valence-electron chi connectivity index (χ4n) is 1.80. The molecule has 0 heterocycles. The number of aromatic carboxylic acids is 1. The van der Waals surface area contributed by atoms with E-state index in [-0.39, 0.29) is 17.9 Å². The lowest BCUT2D eigenvalue weighted by atomic mass is 10.1. The molecule has 0 bridgehead atoms. The first kappa shape index (κ1) is 14.6. The Morgan fingerprint density at radius 1 is 1.24 bits per heavy atom. The molecular formula is C16H14FNO3. The molecule has 2 aromatic rings. The summed E-state index contributed by atoms with van der Waals surface area (Å²) in [5.74, 6) is -2.06. The van der Waals surface area contributed by atoms with Gasteiger partial charge in [0, 0.05) is 0 Å². The molecule has 3 N–H and O–H groups in total. The highest BCUT2D eigenvalue weighted by atomic mass is 19.1. The number of nitrogens with two attached hydrogens (primary N) is 1. The van der Waals surface area contributed by atoms with Crippen molar-refractivity contribution in [3.05, 3.63) is 65.5 Å². The summed E-state index contributed by atoms with van der Waals surface area (Å²) >= 11 is 0. The average Bonchev–Trinajstić information content (AvgIpc) is 2.48. The largest absolute Gasteiger partial charge is 0.489 e. The van der Waals surface area contributed by atoms with Crippen LogP contribution >= 0.6 is 0 Å². The van der Waals surface area contributed by atoms with E-state index in [1.807, 2.05) is 36.4 Å². The van der Waals surface area contributed by atoms with Crippen LogP contribution in [0.15, 0.2) is 48.5 Å². The summed E-state index contributed by atoms with van der Waals surface area (Å²) in [5, 5.41) is 9.06. The number of carboxylic acids is 1. The highest BCUT2D eigenvalue weighted by Crippen LogP contribution is 2.27. The van der Waals surface area contributed by atoms with E-state index in [1.165, 1.54) is 6.07 Å². The van der Waals surface area contributed by atoms with E-state index in [1.54, 1.807) is 6.08 Å². The highest BCUT2D eigenvalue weighted by molar-refractivity contribution is 5.96. The summed E-state index contributed by atoms with van der Waals surface area (Å²) in [4.78, 5) is 11.1. The van der Waals surface area contributed by atoms with Gasteiger partial charge in [0.05, 0.1) is 5.69 Å². The van der Waals surface area contributed by atoms with E-state index < -0.39 is 17.5 Å². The average molecular weight is 287 g/mol. The van der Waals surface area contributed by atoms with Crippen LogP contribution in [0.5, 0.6) is 5.75 Å². The van der Waals surface area contributed by atoms with Crippen molar-refractivity contribution in [1.29, 1.82) is 0 Å². The fraction of sp³-hybridized carbons (Fsp3) is 0.0625. The summed E-state index contributed by atoms with van der Waals surface area (Å²) < 4.78 is 18.6. The van der Waals surface area contributed by atoms with E-state index in [9.17, 15) is 9.18 Å². The predicted octanol–water partition coefficient (Wildman–Crippen LogP) is 3.20. The Kier molecular flexibility index (Phi) is 4.56. The second-order valence-electron chi connectivity index (χ2n) is 4.26. The standard InChI is InChI=1S/C16H14FNO3/c17-12-8-9-13(14(15(12)18)16(19)20)21-10-4-7-11-5-2-1-3-6-11/h1-9H,10,18H2,(H,19,20)/b7-4+. The van der Waals surface area contributed by atoms with Crippen LogP contribution in [0.4, 0.5) is 10.1 Å². The molecule has 21 heavy (non-hydrogen) atoms. The number of carboxylic acid groups (broad SMARTS) is 1. The molecule has 0 aliphatic rings. The number of rotatable bonds is 5. The van der Waals surface area contributed by atoms with E-state index in [4.69, 9.17) is 15.6 Å². The van der Waals surface area contributed by atoms with E-state index >= 15 is 0 Å². The van der Waals surface area contributed by atoms with Gasteiger partial charge >= 0.3 is 5.97 Å². The molecular weight excluding hydrogens is 273 g/mol. The zero-order chi connectivity index (χ0) is 15.2. The van der Waals surface area contributed by atoms with Gasteiger partial charge in [-0.1, -0.05) is 36.4 Å². The molecule has 2 aromatic carbocycles. The van der Waals surface area contributed by atoms with Crippen LogP contribution in [0, 0.1) is 5.82 Å². The maximum Gasteiger partial charge on any atom is 0.341 e. The minimum atomic E-state index is -1.32. The van der Waals surface area contributed by atoms with Crippen LogP contribution in [-0.2, 0) is 0 Å². The van der Waals surface area contributed by atoms with Crippen molar-refractivity contribution in [2.45, 2.75) is 0 Å². The van der Waals surface area contributed by atoms with E-state index in [2.05, 4.69) is 0 Å². The van der Waals surface area contributed by atoms with Crippen LogP contribution in [0.3, 0.4) is 0 Å². The Labute approximate surface area is 121 Å². The number of carbonyl (C=O) groups is 1. The summed E-state index contributed by atoms with van der Waals surface area (Å²) in [6.45, 7) is 0.153. The second-order valence-corrected chi connectivity index (χ2v) is 4.26. The van der Waals surface area contributed by atoms with Crippen LogP contribution < -0.4 is 10.5 Å². The van der Waals surface area contributed by atoms with Gasteiger partial charge in [-0.15, -0.1) is 0 Å². The monoisotopic (exact) mass is 287 g/mol. The number of hydrogen-bond donors (Lipinski definition) is 2. The molecule has 0 aliphatic carbocycles. The molecule has 0 atom stereocenters. The van der Waals surface area contributed by atoms with Crippen LogP contribution in [0.25, 0.3) is 6.08 Å². The molecule has 0 radical (unpaired) electrons. The lowest BCUT2D eigenvalue weighted by Crippen LogP contribution is -2.08. The molecule has 0 saturated heterocycles. The summed E-state index contributed by atoms with van der Waals surface area (Å²) in [6, 6.07) is 11.9. The van der Waals surface area contributed by atoms with Gasteiger partial charge in [0.1, 0.15) is 23.7 Å². The van der Waals surface area contributed by atoms with Gasteiger partial charge in [0.15, 0.2) is 0 Å². The smallest absolute Gasteiger partial charge is 0.341 e. The van der Waals surface area contributed by atoms with Crippen molar-refractivity contribution in [1.82, 2.24) is 0 Å². The van der Waals surface area contributed by atoms with Crippen molar-refractivity contribution < 1.29 is 19.0 Å². The molecule has 4 nitrogen and oxygen atoms in total. The van der Waals surface area contributed by atoms with E-state index in [0.717, 1.165) is 11.6 Å². The van der Waals surface area contributed by atoms with E-state index in [0.29, 0.717) is 0 Å². The third-order valence-electron chi connectivity index (χ3n) is 2.81. The van der Waals surface area contributed by atoms with Gasteiger partial charge < -0.3 is 15.6 Å². The first-order valence-corrected chi connectivity index (χ1v) is 6.25. The summed E-state index contributed by atoms with van der Waals surface area (Å²) in [6.07, 6.45) is 3.58. The van der Waals surface area contributed by atoms with Gasteiger partial charge in [0.2, 0.25) is 0 Å². The summed E-state index contributed by atoms with van der Waals surface area (Å²) in [7, 11) is 0. The van der Waals surface area contributed by atoms with Crippen LogP contribution in [0.2, 0.25) is 0 Å². The molecule has 5 heteroatoms. The fourth-order valence-corrected chi connectivity index (χ4v) is 1.80. The number of hydrogen-bond acceptors (Lipinski definition) is 3. The van der Waals surface area contributed by atoms with Gasteiger partial charge in [-0.25, -0.2) is 9.18 Å². The Morgan fingerprint density at radius 2 is 1.95 bits per heavy atom. The highest BCUT2D eigenvalue weighted by Gasteiger charge is 2.18. The normalized spacial score (nSPS) is 10.7. The van der Waals surface area contributed by atoms with Crippen molar-refractivity contribution in [2.75, 3.05) is 12.3 Å². The maximum absolute atomic E-state index is 13.3. The van der Waals surface area contributed by atoms with Gasteiger partial charge in [-0.05, 0) is 23.8 Å². The first-order valence-electron chi connectivity index (χ1n) is 6.25. The third-order valence-corrected chi connectivity index (χ3v) is 2.81. The molecule has 0 aliphatic heterocycles. The Morgan fingerprint density at radius 3 is 2.62 bits per heavy atom. The molecule has 0 spiro atoms. The van der Waals surface area contributed by atoms with Gasteiger partial charge in [0.25, 0.3) is 0 Å². The lowest BCUT2D eigenvalue weighted by molar-refractivity contribution is 0.0693. The zero-order valence-electron chi connectivity index (χ0n) is 11.1. The number of anilines is 1. The Hall–Kier alpha value is -2.82. The Balaban J connectivity index is 2.09. The van der Waals surface area contributed by atoms with Crippen molar-refractivity contribution >= 4 is 17.7 Å². The van der Waals surface area contributed by atoms with Crippen molar-refractivity contribution in [3.63, 3.8) is 0 Å². The minimum absolute atomic E-state index is 0.0408. The third kappa shape index (κ3) is 3.60. The van der Waals surface area contributed by atoms with Crippen molar-refractivity contribution in [2.24, 2.45) is 0 Å². The molecule has 0 fully saturated rings. The SMILES string of the molecule is Nc1c(F)ccc(OC/C=C/c2ccccc2)c1C(=O)O. The summed E-state index contributed by atoms with van der Waals surface area (Å²) in [5.41, 5.74) is 5.64. The zero-order valence-corrected chi connectivity index (χ0v) is 11.1. The molecule has 0 saturated carbocycles. The molecule has 0 unspecified atom stereocenters. The number of nitrogen functional groups attached to an aromatic ring is 1. The predicted molar refractivity (Wildman–Crippen MR) is 78.7 cm³/mol. The molecule has 2 rings (SSSR count). The number of ether oxygens (including phenoxy) is 1. The lowest BCUT2D eigenvalue weighted by Gasteiger charge is -2.09. The Bertz CT molecular complexity index is 669.